The fourth-order valence-corrected chi connectivity index (χ4v) is 10.0. The van der Waals surface area contributed by atoms with Crippen molar-refractivity contribution < 1.29 is 9.53 Å². The third-order valence-corrected chi connectivity index (χ3v) is 12.2. The number of rotatable bonds is 10. The van der Waals surface area contributed by atoms with Gasteiger partial charge in [-0.25, -0.2) is 4.79 Å². The van der Waals surface area contributed by atoms with Gasteiger partial charge in [0.1, 0.15) is 6.10 Å². The molecule has 4 saturated carbocycles. The second-order valence-electron chi connectivity index (χ2n) is 15.1. The number of ether oxygens (including phenoxy) is 1. The van der Waals surface area contributed by atoms with E-state index in [9.17, 15) is 4.79 Å². The number of hydrogen-bond donors (Lipinski definition) is 0. The van der Waals surface area contributed by atoms with Crippen LogP contribution < -0.4 is 0 Å². The first-order chi connectivity index (χ1) is 17.5. The molecule has 0 N–H and O–H groups in total. The minimum absolute atomic E-state index is 0.0923. The van der Waals surface area contributed by atoms with Crippen molar-refractivity contribution in [3.05, 3.63) is 12.2 Å². The van der Waals surface area contributed by atoms with Gasteiger partial charge in [-0.1, -0.05) is 60.5 Å². The minimum atomic E-state index is -0.155. The van der Waals surface area contributed by atoms with Crippen LogP contribution in [0.3, 0.4) is 0 Å². The van der Waals surface area contributed by atoms with Crippen molar-refractivity contribution in [1.82, 2.24) is 4.90 Å². The molecule has 0 aliphatic heterocycles. The lowest BCUT2D eigenvalue weighted by molar-refractivity contribution is -0.159. The van der Waals surface area contributed by atoms with Crippen LogP contribution in [0.25, 0.3) is 0 Å². The van der Waals surface area contributed by atoms with Crippen molar-refractivity contribution in [3.63, 3.8) is 0 Å². The van der Waals surface area contributed by atoms with Gasteiger partial charge in [0.25, 0.3) is 0 Å². The summed E-state index contributed by atoms with van der Waals surface area (Å²) in [6.45, 7) is 17.5. The molecular weight excluding hydrogens is 454 g/mol. The van der Waals surface area contributed by atoms with E-state index in [0.717, 1.165) is 54.9 Å². The monoisotopic (exact) mass is 513 g/mol. The Kier molecular flexibility index (Phi) is 9.24. The maximum atomic E-state index is 12.7. The lowest BCUT2D eigenvalue weighted by Crippen LogP contribution is -2.54. The SMILES string of the molecule is C=C(CCN(C)C)C(=O)O[C@H]1CC[C@@]2(C)C(CC[C@@H]3C2CC[C@@]2(C)C3CC[C@@H]2[C@H](C)CCCC(C)C)C1. The van der Waals surface area contributed by atoms with Crippen molar-refractivity contribution in [3.8, 4) is 0 Å². The molecular formula is C34H59NO2. The van der Waals surface area contributed by atoms with Gasteiger partial charge >= 0.3 is 5.97 Å². The number of esters is 1. The summed E-state index contributed by atoms with van der Waals surface area (Å²) in [6.07, 6.45) is 17.0. The Bertz CT molecular complexity index is 804. The van der Waals surface area contributed by atoms with E-state index in [1.54, 1.807) is 0 Å². The zero-order valence-corrected chi connectivity index (χ0v) is 25.5. The molecule has 0 aromatic carbocycles. The second-order valence-corrected chi connectivity index (χ2v) is 15.1. The molecule has 0 heterocycles. The average Bonchev–Trinajstić information content (AvgIpc) is 3.19. The van der Waals surface area contributed by atoms with Crippen LogP contribution in [0.15, 0.2) is 12.2 Å². The van der Waals surface area contributed by atoms with Gasteiger partial charge in [-0.15, -0.1) is 0 Å². The van der Waals surface area contributed by atoms with Crippen molar-refractivity contribution in [1.29, 1.82) is 0 Å². The van der Waals surface area contributed by atoms with Gasteiger partial charge in [-0.2, -0.15) is 0 Å². The molecule has 4 rings (SSSR count). The van der Waals surface area contributed by atoms with Crippen LogP contribution in [0.4, 0.5) is 0 Å². The highest BCUT2D eigenvalue weighted by atomic mass is 16.5. The zero-order chi connectivity index (χ0) is 27.0. The van der Waals surface area contributed by atoms with E-state index >= 15 is 0 Å². The van der Waals surface area contributed by atoms with Gasteiger partial charge < -0.3 is 9.64 Å². The second kappa shape index (κ2) is 11.7. The van der Waals surface area contributed by atoms with Crippen molar-refractivity contribution >= 4 is 5.97 Å². The molecule has 212 valence electrons. The molecule has 0 amide bonds. The molecule has 0 aromatic rings. The Labute approximate surface area is 229 Å². The van der Waals surface area contributed by atoms with Crippen molar-refractivity contribution in [2.75, 3.05) is 20.6 Å². The normalized spacial score (nSPS) is 40.1. The highest BCUT2D eigenvalue weighted by Crippen LogP contribution is 2.68. The molecule has 3 heteroatoms. The van der Waals surface area contributed by atoms with Crippen LogP contribution in [-0.2, 0) is 9.53 Å². The van der Waals surface area contributed by atoms with E-state index in [1.165, 1.54) is 64.2 Å². The Balaban J connectivity index is 1.35. The molecule has 0 radical (unpaired) electrons. The molecule has 9 atom stereocenters. The number of hydrogen-bond acceptors (Lipinski definition) is 3. The molecule has 0 saturated heterocycles. The quantitative estimate of drug-likeness (QED) is 0.216. The van der Waals surface area contributed by atoms with Crippen LogP contribution in [-0.4, -0.2) is 37.6 Å². The summed E-state index contributed by atoms with van der Waals surface area (Å²) < 4.78 is 6.03. The highest BCUT2D eigenvalue weighted by Gasteiger charge is 2.60. The van der Waals surface area contributed by atoms with E-state index in [1.807, 2.05) is 14.1 Å². The molecule has 0 aromatic heterocycles. The first-order valence-electron chi connectivity index (χ1n) is 16.0. The van der Waals surface area contributed by atoms with Crippen LogP contribution in [0.1, 0.15) is 118 Å². The van der Waals surface area contributed by atoms with Crippen LogP contribution in [0, 0.1) is 52.3 Å². The van der Waals surface area contributed by atoms with Gasteiger partial charge in [0.05, 0.1) is 0 Å². The van der Waals surface area contributed by atoms with Crippen molar-refractivity contribution in [2.45, 2.75) is 124 Å². The number of nitrogens with zero attached hydrogens (tertiary/aromatic N) is 1. The zero-order valence-electron chi connectivity index (χ0n) is 25.5. The summed E-state index contributed by atoms with van der Waals surface area (Å²) in [7, 11) is 4.07. The van der Waals surface area contributed by atoms with Gasteiger partial charge in [0.15, 0.2) is 0 Å². The maximum Gasteiger partial charge on any atom is 0.333 e. The third-order valence-electron chi connectivity index (χ3n) is 12.2. The average molecular weight is 514 g/mol. The first-order valence-corrected chi connectivity index (χ1v) is 16.0. The number of carbonyl (C=O) groups excluding carboxylic acids is 1. The predicted octanol–water partition coefficient (Wildman–Crippen LogP) is 8.53. The number of fused-ring (bicyclic) bond motifs is 5. The van der Waals surface area contributed by atoms with Gasteiger partial charge in [-0.05, 0) is 131 Å². The van der Waals surface area contributed by atoms with Gasteiger partial charge in [0, 0.05) is 12.1 Å². The summed E-state index contributed by atoms with van der Waals surface area (Å²) in [6, 6.07) is 0. The minimum Gasteiger partial charge on any atom is -0.459 e. The van der Waals surface area contributed by atoms with Crippen LogP contribution in [0.2, 0.25) is 0 Å². The molecule has 0 bridgehead atoms. The summed E-state index contributed by atoms with van der Waals surface area (Å²) >= 11 is 0. The summed E-state index contributed by atoms with van der Waals surface area (Å²) in [5.41, 5.74) is 1.64. The molecule has 0 spiro atoms. The van der Waals surface area contributed by atoms with Crippen LogP contribution >= 0.6 is 0 Å². The molecule has 4 aliphatic rings. The topological polar surface area (TPSA) is 29.5 Å². The molecule has 3 nitrogen and oxygen atoms in total. The smallest absolute Gasteiger partial charge is 0.333 e. The molecule has 37 heavy (non-hydrogen) atoms. The molecule has 4 aliphatic carbocycles. The molecule has 3 unspecified atom stereocenters. The molecule has 4 fully saturated rings. The number of carbonyl (C=O) groups is 1. The lowest BCUT2D eigenvalue weighted by Gasteiger charge is -2.61. The largest absolute Gasteiger partial charge is 0.459 e. The summed E-state index contributed by atoms with van der Waals surface area (Å²) in [5, 5.41) is 0. The fourth-order valence-electron chi connectivity index (χ4n) is 10.0. The maximum absolute atomic E-state index is 12.7. The standard InChI is InChI=1S/C34H59NO2/c1-23(2)10-9-11-24(3)29-14-15-30-28-13-12-26-22-27(37-32(36)25(4)18-21-35(7)8)16-19-33(26,5)31(28)17-20-34(29,30)6/h23-24,26-31H,4,9-22H2,1-3,5-8H3/t24-,26?,27+,28+,29-,30?,31?,33+,34-/m1/s1. The van der Waals surface area contributed by atoms with Gasteiger partial charge in [-0.3, -0.25) is 0 Å². The van der Waals surface area contributed by atoms with E-state index in [-0.39, 0.29) is 12.1 Å². The fraction of sp³-hybridized carbons (Fsp3) is 0.912. The van der Waals surface area contributed by atoms with Crippen LogP contribution in [0.5, 0.6) is 0 Å². The summed E-state index contributed by atoms with van der Waals surface area (Å²) in [5.74, 6) is 5.97. The van der Waals surface area contributed by atoms with E-state index in [0.29, 0.717) is 28.7 Å². The Hall–Kier alpha value is -0.830. The Morgan fingerprint density at radius 2 is 1.65 bits per heavy atom. The van der Waals surface area contributed by atoms with Crippen molar-refractivity contribution in [2.24, 2.45) is 52.3 Å². The first kappa shape index (κ1) is 29.2. The predicted molar refractivity (Wildman–Crippen MR) is 155 cm³/mol. The van der Waals surface area contributed by atoms with E-state index < -0.39 is 0 Å². The summed E-state index contributed by atoms with van der Waals surface area (Å²) in [4.78, 5) is 14.8. The highest BCUT2D eigenvalue weighted by molar-refractivity contribution is 5.87. The van der Waals surface area contributed by atoms with E-state index in [4.69, 9.17) is 4.74 Å². The Morgan fingerprint density at radius 1 is 0.946 bits per heavy atom. The lowest BCUT2D eigenvalue weighted by atomic mass is 9.44. The third kappa shape index (κ3) is 6.02. The van der Waals surface area contributed by atoms with E-state index in [2.05, 4.69) is 46.1 Å². The van der Waals surface area contributed by atoms with Gasteiger partial charge in [0.2, 0.25) is 0 Å². The Morgan fingerprint density at radius 3 is 2.35 bits per heavy atom.